The van der Waals surface area contributed by atoms with Crippen molar-refractivity contribution in [2.75, 3.05) is 49.8 Å². The molecule has 186 valence electrons. The van der Waals surface area contributed by atoms with E-state index >= 15 is 0 Å². The fourth-order valence-electron chi connectivity index (χ4n) is 4.34. The summed E-state index contributed by atoms with van der Waals surface area (Å²) < 4.78 is 7.71. The maximum absolute atomic E-state index is 12.2. The van der Waals surface area contributed by atoms with E-state index in [1.165, 1.54) is 6.08 Å². The topological polar surface area (TPSA) is 103 Å². The molecule has 0 radical (unpaired) electrons. The van der Waals surface area contributed by atoms with Crippen molar-refractivity contribution >= 4 is 40.0 Å². The molecule has 0 atom stereocenters. The molecular weight excluding hydrogens is 456 g/mol. The van der Waals surface area contributed by atoms with E-state index in [4.69, 9.17) is 9.72 Å². The minimum atomic E-state index is -0.285. The number of aromatic amines is 1. The Morgan fingerprint density at radius 1 is 1.25 bits per heavy atom. The lowest BCUT2D eigenvalue weighted by molar-refractivity contribution is -0.111. The zero-order valence-electron chi connectivity index (χ0n) is 20.9. The van der Waals surface area contributed by atoms with E-state index in [0.717, 1.165) is 41.1 Å². The zero-order valence-corrected chi connectivity index (χ0v) is 20.9. The highest BCUT2D eigenvalue weighted by Gasteiger charge is 2.31. The average Bonchev–Trinajstić information content (AvgIpc) is 3.47. The third-order valence-electron chi connectivity index (χ3n) is 6.46. The number of amides is 1. The second-order valence-corrected chi connectivity index (χ2v) is 9.11. The van der Waals surface area contributed by atoms with E-state index in [2.05, 4.69) is 51.1 Å². The van der Waals surface area contributed by atoms with Crippen LogP contribution in [0.3, 0.4) is 0 Å². The molecule has 0 spiro atoms. The molecule has 3 aromatic heterocycles. The molecule has 0 saturated carbocycles. The average molecular weight is 487 g/mol. The normalized spacial score (nSPS) is 13.6. The first-order valence-corrected chi connectivity index (χ1v) is 11.7. The number of likely N-dealkylation sites (N-methyl/N-ethyl adjacent to an activating group) is 1. The molecule has 1 amide bonds. The van der Waals surface area contributed by atoms with Crippen molar-refractivity contribution in [3.63, 3.8) is 0 Å². The minimum absolute atomic E-state index is 0.285. The number of anilines is 4. The second kappa shape index (κ2) is 9.38. The molecule has 36 heavy (non-hydrogen) atoms. The van der Waals surface area contributed by atoms with Crippen LogP contribution in [0.2, 0.25) is 0 Å². The molecule has 4 aromatic rings. The van der Waals surface area contributed by atoms with Crippen molar-refractivity contribution in [2.45, 2.75) is 6.04 Å². The maximum atomic E-state index is 12.2. The lowest BCUT2D eigenvalue weighted by Crippen LogP contribution is -2.57. The predicted octanol–water partition coefficient (Wildman–Crippen LogP) is 3.59. The van der Waals surface area contributed by atoms with Gasteiger partial charge in [-0.25, -0.2) is 4.98 Å². The number of carbonyl (C=O) groups is 1. The number of aromatic nitrogens is 4. The zero-order chi connectivity index (χ0) is 25.4. The van der Waals surface area contributed by atoms with Crippen molar-refractivity contribution < 1.29 is 9.53 Å². The highest BCUT2D eigenvalue weighted by atomic mass is 16.5. The third kappa shape index (κ3) is 4.38. The summed E-state index contributed by atoms with van der Waals surface area (Å²) >= 11 is 0. The van der Waals surface area contributed by atoms with Crippen LogP contribution in [0, 0.1) is 0 Å². The summed E-state index contributed by atoms with van der Waals surface area (Å²) in [6.45, 7) is 5.30. The van der Waals surface area contributed by atoms with Gasteiger partial charge in [-0.3, -0.25) is 4.79 Å². The fraction of sp³-hybridized carbons (Fsp3) is 0.269. The van der Waals surface area contributed by atoms with Crippen LogP contribution in [0.1, 0.15) is 0 Å². The number of rotatable bonds is 8. The predicted molar refractivity (Wildman–Crippen MR) is 143 cm³/mol. The van der Waals surface area contributed by atoms with Gasteiger partial charge in [0, 0.05) is 61.8 Å². The van der Waals surface area contributed by atoms with Crippen molar-refractivity contribution in [3.05, 3.63) is 55.5 Å². The van der Waals surface area contributed by atoms with Crippen LogP contribution in [0.15, 0.2) is 55.5 Å². The van der Waals surface area contributed by atoms with Crippen molar-refractivity contribution in [1.82, 2.24) is 24.4 Å². The molecule has 1 fully saturated rings. The monoisotopic (exact) mass is 486 g/mol. The van der Waals surface area contributed by atoms with Gasteiger partial charge >= 0.3 is 0 Å². The maximum Gasteiger partial charge on any atom is 0.247 e. The number of ether oxygens (including phenoxy) is 1. The van der Waals surface area contributed by atoms with Crippen LogP contribution in [-0.4, -0.2) is 70.7 Å². The lowest BCUT2D eigenvalue weighted by atomic mass is 10.0. The van der Waals surface area contributed by atoms with E-state index < -0.39 is 0 Å². The van der Waals surface area contributed by atoms with Gasteiger partial charge in [-0.05, 0) is 38.4 Å². The van der Waals surface area contributed by atoms with Crippen LogP contribution in [0.5, 0.6) is 5.75 Å². The summed E-state index contributed by atoms with van der Waals surface area (Å²) in [4.78, 5) is 29.3. The number of methoxy groups -OCH3 is 1. The first kappa shape index (κ1) is 23.4. The van der Waals surface area contributed by atoms with Gasteiger partial charge in [0.2, 0.25) is 11.9 Å². The van der Waals surface area contributed by atoms with Gasteiger partial charge in [0.25, 0.3) is 0 Å². The molecule has 0 bridgehead atoms. The van der Waals surface area contributed by atoms with Gasteiger partial charge in [-0.2, -0.15) is 4.98 Å². The lowest BCUT2D eigenvalue weighted by Gasteiger charge is -2.45. The number of fused-ring (bicyclic) bond motifs is 1. The molecule has 1 aromatic carbocycles. The van der Waals surface area contributed by atoms with Crippen molar-refractivity contribution in [1.29, 1.82) is 0 Å². The van der Waals surface area contributed by atoms with Gasteiger partial charge in [0.05, 0.1) is 29.9 Å². The molecule has 3 N–H and O–H groups in total. The summed E-state index contributed by atoms with van der Waals surface area (Å²) in [5.74, 6) is 0.742. The molecule has 1 aliphatic rings. The number of H-pyrrole nitrogens is 1. The molecule has 0 aliphatic carbocycles. The molecule has 4 heterocycles. The highest BCUT2D eigenvalue weighted by Crippen LogP contribution is 2.40. The van der Waals surface area contributed by atoms with Gasteiger partial charge < -0.3 is 34.7 Å². The smallest absolute Gasteiger partial charge is 0.247 e. The van der Waals surface area contributed by atoms with Crippen LogP contribution in [0.25, 0.3) is 22.3 Å². The summed E-state index contributed by atoms with van der Waals surface area (Å²) in [5, 5.41) is 7.18. The van der Waals surface area contributed by atoms with Crippen molar-refractivity contribution in [2.24, 2.45) is 7.05 Å². The number of nitrogens with zero attached hydrogens (tertiary/aromatic N) is 5. The van der Waals surface area contributed by atoms with Crippen molar-refractivity contribution in [3.8, 4) is 17.0 Å². The SMILES string of the molecule is C=CC(=O)Nc1cc(Nc2nc(-c3ccn(C)c3)c3cc[nH]c3n2)c(OC)cc1N1CC(N(C)C)C1. The van der Waals surface area contributed by atoms with Crippen LogP contribution < -0.4 is 20.3 Å². The van der Waals surface area contributed by atoms with Gasteiger partial charge in [-0.15, -0.1) is 0 Å². The van der Waals surface area contributed by atoms with Gasteiger partial charge in [-0.1, -0.05) is 6.58 Å². The number of aryl methyl sites for hydroxylation is 1. The van der Waals surface area contributed by atoms with Crippen LogP contribution in [-0.2, 0) is 11.8 Å². The Hall–Kier alpha value is -4.31. The molecule has 1 aliphatic heterocycles. The number of nitrogens with one attached hydrogen (secondary N) is 3. The molecule has 1 saturated heterocycles. The number of hydrogen-bond donors (Lipinski definition) is 3. The number of hydrogen-bond acceptors (Lipinski definition) is 7. The molecule has 10 nitrogen and oxygen atoms in total. The van der Waals surface area contributed by atoms with E-state index in [1.54, 1.807) is 7.11 Å². The third-order valence-corrected chi connectivity index (χ3v) is 6.46. The van der Waals surface area contributed by atoms with Gasteiger partial charge in [0.15, 0.2) is 0 Å². The van der Waals surface area contributed by atoms with E-state index in [-0.39, 0.29) is 5.91 Å². The Morgan fingerprint density at radius 2 is 2.06 bits per heavy atom. The highest BCUT2D eigenvalue weighted by molar-refractivity contribution is 6.02. The summed E-state index contributed by atoms with van der Waals surface area (Å²) in [5.41, 5.74) is 4.70. The Balaban J connectivity index is 1.54. The first-order chi connectivity index (χ1) is 17.4. The standard InChI is InChI=1S/C26H30N8O2/c1-6-23(35)28-19-11-20(22(36-5)12-21(19)34-14-17(15-34)32(2)3)29-26-30-24(16-8-10-33(4)13-16)18-7-9-27-25(18)31-26/h6-13,17H,1,14-15H2,2-5H3,(H,28,35)(H2,27,29,30,31). The van der Waals surface area contributed by atoms with E-state index in [9.17, 15) is 4.79 Å². The minimum Gasteiger partial charge on any atom is -0.494 e. The summed E-state index contributed by atoms with van der Waals surface area (Å²) in [7, 11) is 7.74. The number of carbonyl (C=O) groups excluding carboxylic acids is 1. The van der Waals surface area contributed by atoms with Crippen LogP contribution >= 0.6 is 0 Å². The van der Waals surface area contributed by atoms with Crippen LogP contribution in [0.4, 0.5) is 23.0 Å². The summed E-state index contributed by atoms with van der Waals surface area (Å²) in [6.07, 6.45) is 7.11. The first-order valence-electron chi connectivity index (χ1n) is 11.7. The largest absolute Gasteiger partial charge is 0.494 e. The fourth-order valence-corrected chi connectivity index (χ4v) is 4.34. The quantitative estimate of drug-likeness (QED) is 0.327. The molecular formula is C26H30N8O2. The van der Waals surface area contributed by atoms with E-state index in [0.29, 0.717) is 29.1 Å². The molecule has 10 heteroatoms. The van der Waals surface area contributed by atoms with E-state index in [1.807, 2.05) is 54.5 Å². The Morgan fingerprint density at radius 3 is 2.72 bits per heavy atom. The Labute approximate surface area is 209 Å². The Kier molecular flexibility index (Phi) is 6.11. The molecule has 5 rings (SSSR count). The second-order valence-electron chi connectivity index (χ2n) is 9.11. The Bertz CT molecular complexity index is 1430. The van der Waals surface area contributed by atoms with Gasteiger partial charge in [0.1, 0.15) is 11.4 Å². The molecule has 0 unspecified atom stereocenters. The summed E-state index contributed by atoms with van der Waals surface area (Å²) in [6, 6.07) is 8.22. The number of benzene rings is 1.